The molecule has 1 fully saturated rings. The van der Waals surface area contributed by atoms with Crippen LogP contribution in [0.15, 0.2) is 48.5 Å². The van der Waals surface area contributed by atoms with Crippen LogP contribution in [0.3, 0.4) is 0 Å². The molecule has 3 rings (SSSR count). The Morgan fingerprint density at radius 3 is 2.24 bits per heavy atom. The first-order valence-electron chi connectivity index (χ1n) is 7.32. The molecule has 3 unspecified atom stereocenters. The molecule has 6 nitrogen and oxygen atoms in total. The molecule has 25 heavy (non-hydrogen) atoms. The lowest BCUT2D eigenvalue weighted by molar-refractivity contribution is -0.0727. The van der Waals surface area contributed by atoms with Gasteiger partial charge in [0, 0.05) is 21.2 Å². The zero-order valence-electron chi connectivity index (χ0n) is 12.8. The lowest BCUT2D eigenvalue weighted by atomic mass is 10.0. The van der Waals surface area contributed by atoms with Gasteiger partial charge in [-0.1, -0.05) is 59.6 Å². The van der Waals surface area contributed by atoms with Gasteiger partial charge in [0.2, 0.25) is 0 Å². The van der Waals surface area contributed by atoms with Crippen LogP contribution in [0.5, 0.6) is 0 Å². The van der Waals surface area contributed by atoms with Crippen LogP contribution in [0.4, 0.5) is 0 Å². The van der Waals surface area contributed by atoms with E-state index in [1.807, 2.05) is 30.3 Å². The number of ether oxygens (including phenoxy) is 2. The Hall–Kier alpha value is -1.19. The van der Waals surface area contributed by atoms with Crippen molar-refractivity contribution in [3.63, 3.8) is 0 Å². The molecule has 0 spiro atoms. The average molecular weight is 404 g/mol. The second-order valence-corrected chi connectivity index (χ2v) is 7.42. The summed E-state index contributed by atoms with van der Waals surface area (Å²) in [4.78, 5) is 0. The van der Waals surface area contributed by atoms with E-state index in [9.17, 15) is 8.42 Å². The highest BCUT2D eigenvalue weighted by Gasteiger charge is 2.40. The Kier molecular flexibility index (Phi) is 5.65. The van der Waals surface area contributed by atoms with Crippen LogP contribution in [0.25, 0.3) is 0 Å². The Bertz CT molecular complexity index is 827. The van der Waals surface area contributed by atoms with Gasteiger partial charge in [-0.15, -0.1) is 0 Å². The number of benzene rings is 2. The summed E-state index contributed by atoms with van der Waals surface area (Å²) in [5, 5.41) is 5.67. The van der Waals surface area contributed by atoms with E-state index in [0.29, 0.717) is 15.6 Å². The number of hydrogen-bond donors (Lipinski definition) is 1. The van der Waals surface area contributed by atoms with Crippen molar-refractivity contribution in [2.24, 2.45) is 5.14 Å². The van der Waals surface area contributed by atoms with Gasteiger partial charge in [-0.05, 0) is 12.1 Å². The third-order valence-corrected chi connectivity index (χ3v) is 4.78. The summed E-state index contributed by atoms with van der Waals surface area (Å²) in [6.07, 6.45) is -2.19. The van der Waals surface area contributed by atoms with Crippen molar-refractivity contribution >= 4 is 33.5 Å². The number of halogens is 2. The second kappa shape index (κ2) is 7.59. The van der Waals surface area contributed by atoms with Crippen molar-refractivity contribution < 1.29 is 22.1 Å². The molecule has 1 heterocycles. The van der Waals surface area contributed by atoms with Crippen molar-refractivity contribution in [1.82, 2.24) is 0 Å². The minimum Gasteiger partial charge on any atom is -0.340 e. The first-order chi connectivity index (χ1) is 11.8. The molecule has 0 aromatic heterocycles. The molecule has 134 valence electrons. The molecular formula is C16H15Cl2NO5S. The summed E-state index contributed by atoms with van der Waals surface area (Å²) < 4.78 is 38.7. The van der Waals surface area contributed by atoms with Gasteiger partial charge in [0.25, 0.3) is 0 Å². The monoisotopic (exact) mass is 403 g/mol. The van der Waals surface area contributed by atoms with Gasteiger partial charge in [0.05, 0.1) is 6.61 Å². The maximum Gasteiger partial charge on any atom is 0.333 e. The highest BCUT2D eigenvalue weighted by atomic mass is 35.5. The molecular weight excluding hydrogens is 389 g/mol. The number of rotatable bonds is 5. The molecule has 0 saturated carbocycles. The van der Waals surface area contributed by atoms with Gasteiger partial charge in [-0.2, -0.15) is 8.42 Å². The van der Waals surface area contributed by atoms with Crippen molar-refractivity contribution in [1.29, 1.82) is 0 Å². The molecule has 2 aromatic carbocycles. The Morgan fingerprint density at radius 2 is 1.64 bits per heavy atom. The van der Waals surface area contributed by atoms with Gasteiger partial charge in [-0.3, -0.25) is 4.18 Å². The van der Waals surface area contributed by atoms with Crippen LogP contribution in [0.1, 0.15) is 23.5 Å². The molecule has 2 N–H and O–H groups in total. The summed E-state index contributed by atoms with van der Waals surface area (Å²) in [5.74, 6) is 0. The molecule has 2 aromatic rings. The van der Waals surface area contributed by atoms with Crippen molar-refractivity contribution in [3.8, 4) is 0 Å². The van der Waals surface area contributed by atoms with E-state index in [1.54, 1.807) is 18.2 Å². The van der Waals surface area contributed by atoms with Crippen LogP contribution in [-0.4, -0.2) is 21.1 Å². The van der Waals surface area contributed by atoms with Crippen LogP contribution < -0.4 is 5.14 Å². The van der Waals surface area contributed by atoms with Crippen LogP contribution in [0.2, 0.25) is 10.0 Å². The fourth-order valence-corrected chi connectivity index (χ4v) is 3.51. The van der Waals surface area contributed by atoms with E-state index < -0.39 is 28.8 Å². The van der Waals surface area contributed by atoms with Gasteiger partial charge in [0.1, 0.15) is 12.2 Å². The summed E-state index contributed by atoms with van der Waals surface area (Å²) in [7, 11) is -4.12. The third-order valence-electron chi connectivity index (χ3n) is 3.66. The molecule has 1 aliphatic heterocycles. The smallest absolute Gasteiger partial charge is 0.333 e. The number of nitrogens with two attached hydrogens (primary N) is 1. The standard InChI is InChI=1S/C16H15Cl2NO5S/c17-11-7-4-8-12(18)14(11)15-13(9-22-25(19,20)21)23-16(24-15)10-5-2-1-3-6-10/h1-8,13,15-16H,9H2,(H2,19,20,21). The summed E-state index contributed by atoms with van der Waals surface area (Å²) in [6, 6.07) is 14.2. The van der Waals surface area contributed by atoms with Gasteiger partial charge < -0.3 is 9.47 Å². The van der Waals surface area contributed by atoms with E-state index in [1.165, 1.54) is 0 Å². The summed E-state index contributed by atoms with van der Waals surface area (Å²) >= 11 is 12.5. The molecule has 0 radical (unpaired) electrons. The van der Waals surface area contributed by atoms with Gasteiger partial charge in [-0.25, -0.2) is 5.14 Å². The van der Waals surface area contributed by atoms with Crippen LogP contribution in [-0.2, 0) is 24.0 Å². The molecule has 3 atom stereocenters. The highest BCUT2D eigenvalue weighted by Crippen LogP contribution is 2.44. The lowest BCUT2D eigenvalue weighted by Gasteiger charge is -2.18. The van der Waals surface area contributed by atoms with Gasteiger partial charge in [0.15, 0.2) is 6.29 Å². The average Bonchev–Trinajstić information content (AvgIpc) is 2.97. The zero-order chi connectivity index (χ0) is 18.0. The Morgan fingerprint density at radius 1 is 1.00 bits per heavy atom. The van der Waals surface area contributed by atoms with E-state index in [4.69, 9.17) is 37.8 Å². The minimum absolute atomic E-state index is 0.325. The van der Waals surface area contributed by atoms with Crippen molar-refractivity contribution in [2.45, 2.75) is 18.5 Å². The Balaban J connectivity index is 1.91. The summed E-state index contributed by atoms with van der Waals surface area (Å²) in [5.41, 5.74) is 1.28. The quantitative estimate of drug-likeness (QED) is 0.826. The third kappa shape index (κ3) is 4.51. The molecule has 0 bridgehead atoms. The minimum atomic E-state index is -4.12. The fourth-order valence-electron chi connectivity index (χ4n) is 2.58. The first kappa shape index (κ1) is 18.6. The summed E-state index contributed by atoms with van der Waals surface area (Å²) in [6.45, 7) is -0.325. The number of hydrogen-bond acceptors (Lipinski definition) is 5. The van der Waals surface area contributed by atoms with Crippen molar-refractivity contribution in [3.05, 3.63) is 69.7 Å². The van der Waals surface area contributed by atoms with E-state index in [0.717, 1.165) is 5.56 Å². The van der Waals surface area contributed by atoms with E-state index in [-0.39, 0.29) is 6.61 Å². The topological polar surface area (TPSA) is 87.9 Å². The molecule has 1 saturated heterocycles. The maximum atomic E-state index is 11.1. The van der Waals surface area contributed by atoms with Crippen LogP contribution >= 0.6 is 23.2 Å². The van der Waals surface area contributed by atoms with E-state index in [2.05, 4.69) is 4.18 Å². The lowest BCUT2D eigenvalue weighted by Crippen LogP contribution is -2.27. The normalized spacial score (nSPS) is 23.7. The van der Waals surface area contributed by atoms with Crippen molar-refractivity contribution in [2.75, 3.05) is 6.61 Å². The fraction of sp³-hybridized carbons (Fsp3) is 0.250. The maximum absolute atomic E-state index is 11.1. The van der Waals surface area contributed by atoms with Gasteiger partial charge >= 0.3 is 10.3 Å². The SMILES string of the molecule is NS(=O)(=O)OCC1OC(c2ccccc2)OC1c1c(Cl)cccc1Cl. The highest BCUT2D eigenvalue weighted by molar-refractivity contribution is 7.84. The molecule has 1 aliphatic rings. The Labute approximate surface area is 155 Å². The van der Waals surface area contributed by atoms with Crippen LogP contribution in [0, 0.1) is 0 Å². The second-order valence-electron chi connectivity index (χ2n) is 5.39. The predicted octanol–water partition coefficient (Wildman–Crippen LogP) is 3.37. The molecule has 0 aliphatic carbocycles. The molecule has 0 amide bonds. The zero-order valence-corrected chi connectivity index (χ0v) is 15.2. The van der Waals surface area contributed by atoms with E-state index >= 15 is 0 Å². The first-order valence-corrected chi connectivity index (χ1v) is 9.55. The predicted molar refractivity (Wildman–Crippen MR) is 93.4 cm³/mol. The molecule has 9 heteroatoms. The largest absolute Gasteiger partial charge is 0.340 e.